The minimum Gasteiger partial charge on any atom is -0.465 e. The number of carbonyl (C=O) groups excluding carboxylic acids is 3. The lowest BCUT2D eigenvalue weighted by atomic mass is 10.1. The Hall–Kier alpha value is -3.45. The average molecular weight is 437 g/mol. The molecule has 0 saturated heterocycles. The van der Waals surface area contributed by atoms with Gasteiger partial charge >= 0.3 is 5.97 Å². The van der Waals surface area contributed by atoms with Gasteiger partial charge < -0.3 is 15.4 Å². The molecule has 2 aromatic carbocycles. The van der Waals surface area contributed by atoms with Crippen LogP contribution in [0.3, 0.4) is 0 Å². The number of ether oxygens (including phenoxy) is 1. The fourth-order valence-corrected chi connectivity index (χ4v) is 4.20. The number of benzene rings is 2. The van der Waals surface area contributed by atoms with Gasteiger partial charge in [0.05, 0.1) is 17.6 Å². The number of rotatable bonds is 5. The summed E-state index contributed by atoms with van der Waals surface area (Å²) in [4.78, 5) is 38.4. The molecule has 7 heteroatoms. The van der Waals surface area contributed by atoms with Crippen LogP contribution in [0.4, 0.5) is 10.7 Å². The molecule has 1 aromatic heterocycles. The Balaban J connectivity index is 1.95. The van der Waals surface area contributed by atoms with Crippen LogP contribution in [-0.4, -0.2) is 24.9 Å². The Morgan fingerprint density at radius 2 is 1.52 bits per heavy atom. The number of amides is 2. The number of thiophene rings is 1. The molecule has 0 aliphatic heterocycles. The van der Waals surface area contributed by atoms with Crippen LogP contribution in [0.1, 0.15) is 52.6 Å². The number of methoxy groups -OCH3 is 1. The zero-order valence-corrected chi connectivity index (χ0v) is 18.9. The lowest BCUT2D eigenvalue weighted by Crippen LogP contribution is -2.14. The Labute approximate surface area is 185 Å². The fourth-order valence-electron chi connectivity index (χ4n) is 3.11. The molecule has 0 unspecified atom stereocenters. The lowest BCUT2D eigenvalue weighted by Gasteiger charge is -2.10. The minimum absolute atomic E-state index is 0.180. The lowest BCUT2D eigenvalue weighted by molar-refractivity contribution is 0.0601. The van der Waals surface area contributed by atoms with E-state index in [2.05, 4.69) is 10.6 Å². The van der Waals surface area contributed by atoms with E-state index in [0.29, 0.717) is 21.7 Å². The molecular weight excluding hydrogens is 412 g/mol. The number of carbonyl (C=O) groups is 3. The topological polar surface area (TPSA) is 84.5 Å². The summed E-state index contributed by atoms with van der Waals surface area (Å²) < 4.78 is 4.89. The largest absolute Gasteiger partial charge is 0.465 e. The Bertz CT molecular complexity index is 1160. The fraction of sp³-hybridized carbons (Fsp3) is 0.208. The second-order valence-corrected chi connectivity index (χ2v) is 8.29. The number of nitrogens with one attached hydrogen (secondary N) is 2. The van der Waals surface area contributed by atoms with Crippen molar-refractivity contribution in [3.05, 3.63) is 80.7 Å². The highest BCUT2D eigenvalue weighted by Crippen LogP contribution is 2.35. The summed E-state index contributed by atoms with van der Waals surface area (Å²) in [5.41, 5.74) is 4.84. The molecule has 0 aliphatic rings. The first kappa shape index (κ1) is 22.2. The maximum atomic E-state index is 13.0. The quantitative estimate of drug-likeness (QED) is 0.534. The number of hydrogen-bond donors (Lipinski definition) is 2. The molecule has 0 bridgehead atoms. The zero-order chi connectivity index (χ0) is 22.7. The normalized spacial score (nSPS) is 10.5. The zero-order valence-electron chi connectivity index (χ0n) is 18.1. The summed E-state index contributed by atoms with van der Waals surface area (Å²) in [5.74, 6) is -1.33. The van der Waals surface area contributed by atoms with Crippen molar-refractivity contribution in [1.29, 1.82) is 0 Å². The first-order valence-corrected chi connectivity index (χ1v) is 10.5. The van der Waals surface area contributed by atoms with Crippen molar-refractivity contribution in [2.24, 2.45) is 0 Å². The highest BCUT2D eigenvalue weighted by atomic mass is 32.1. The van der Waals surface area contributed by atoms with Gasteiger partial charge in [-0.2, -0.15) is 0 Å². The summed E-state index contributed by atoms with van der Waals surface area (Å²) in [6.07, 6.45) is 0. The number of esters is 1. The van der Waals surface area contributed by atoms with Crippen LogP contribution in [0.2, 0.25) is 0 Å². The third kappa shape index (κ3) is 4.67. The summed E-state index contributed by atoms with van der Waals surface area (Å²) in [7, 11) is 1.26. The van der Waals surface area contributed by atoms with E-state index in [4.69, 9.17) is 4.74 Å². The van der Waals surface area contributed by atoms with Crippen molar-refractivity contribution in [3.8, 4) is 0 Å². The Morgan fingerprint density at radius 1 is 0.839 bits per heavy atom. The first-order valence-electron chi connectivity index (χ1n) is 9.70. The van der Waals surface area contributed by atoms with Gasteiger partial charge in [-0.05, 0) is 62.6 Å². The molecule has 3 aromatic rings. The van der Waals surface area contributed by atoms with E-state index in [-0.39, 0.29) is 22.4 Å². The van der Waals surface area contributed by atoms with Gasteiger partial charge in [-0.15, -0.1) is 11.3 Å². The van der Waals surface area contributed by atoms with Crippen LogP contribution in [0.15, 0.2) is 42.5 Å². The van der Waals surface area contributed by atoms with Gasteiger partial charge in [0.1, 0.15) is 5.00 Å². The molecular formula is C24H24N2O4S. The van der Waals surface area contributed by atoms with Gasteiger partial charge in [0.15, 0.2) is 0 Å². The van der Waals surface area contributed by atoms with Crippen LogP contribution in [-0.2, 0) is 4.74 Å². The molecule has 0 aliphatic carbocycles. The number of hydrogen-bond acceptors (Lipinski definition) is 5. The van der Waals surface area contributed by atoms with Gasteiger partial charge in [-0.3, -0.25) is 9.59 Å². The van der Waals surface area contributed by atoms with Crippen molar-refractivity contribution < 1.29 is 19.1 Å². The second-order valence-electron chi connectivity index (χ2n) is 7.27. The van der Waals surface area contributed by atoms with Gasteiger partial charge in [0.25, 0.3) is 11.8 Å². The minimum atomic E-state index is -0.612. The molecule has 160 valence electrons. The second kappa shape index (κ2) is 9.14. The van der Waals surface area contributed by atoms with Crippen molar-refractivity contribution in [2.45, 2.75) is 27.7 Å². The van der Waals surface area contributed by atoms with E-state index in [1.807, 2.05) is 51.1 Å². The molecule has 0 spiro atoms. The van der Waals surface area contributed by atoms with E-state index in [1.54, 1.807) is 19.1 Å². The van der Waals surface area contributed by atoms with Gasteiger partial charge in [0.2, 0.25) is 0 Å². The molecule has 6 nitrogen and oxygen atoms in total. The van der Waals surface area contributed by atoms with Crippen LogP contribution in [0, 0.1) is 27.7 Å². The van der Waals surface area contributed by atoms with Crippen molar-refractivity contribution in [2.75, 3.05) is 17.7 Å². The molecule has 31 heavy (non-hydrogen) atoms. The van der Waals surface area contributed by atoms with Crippen molar-refractivity contribution in [3.63, 3.8) is 0 Å². The van der Waals surface area contributed by atoms with E-state index >= 15 is 0 Å². The standard InChI is InChI=1S/C24H24N2O4S/c1-13-9-11-17(12-10-13)21(27)26-23-19(24(29)30-5)16(4)20(31-23)22(28)25-18-8-6-7-14(2)15(18)3/h6-12H,1-5H3,(H,25,28)(H,26,27). The van der Waals surface area contributed by atoms with Gasteiger partial charge in [-0.1, -0.05) is 29.8 Å². The molecule has 0 fully saturated rings. The number of aryl methyl sites for hydroxylation is 2. The van der Waals surface area contributed by atoms with Gasteiger partial charge in [-0.25, -0.2) is 4.79 Å². The van der Waals surface area contributed by atoms with Gasteiger partial charge in [0, 0.05) is 11.3 Å². The highest BCUT2D eigenvalue weighted by molar-refractivity contribution is 7.19. The van der Waals surface area contributed by atoms with Crippen molar-refractivity contribution >= 4 is 39.8 Å². The Kier molecular flexibility index (Phi) is 6.56. The maximum absolute atomic E-state index is 13.0. The van der Waals surface area contributed by atoms with Crippen LogP contribution in [0.5, 0.6) is 0 Å². The molecule has 2 N–H and O–H groups in total. The van der Waals surface area contributed by atoms with Crippen molar-refractivity contribution in [1.82, 2.24) is 0 Å². The van der Waals surface area contributed by atoms with E-state index in [0.717, 1.165) is 28.0 Å². The van der Waals surface area contributed by atoms with Crippen LogP contribution >= 0.6 is 11.3 Å². The highest BCUT2D eigenvalue weighted by Gasteiger charge is 2.27. The molecule has 1 heterocycles. The van der Waals surface area contributed by atoms with E-state index in [9.17, 15) is 14.4 Å². The van der Waals surface area contributed by atoms with E-state index < -0.39 is 5.97 Å². The maximum Gasteiger partial charge on any atom is 0.341 e. The SMILES string of the molecule is COC(=O)c1c(NC(=O)c2ccc(C)cc2)sc(C(=O)Nc2cccc(C)c2C)c1C. The summed E-state index contributed by atoms with van der Waals surface area (Å²) in [6.45, 7) is 7.50. The molecule has 3 rings (SSSR count). The molecule has 0 saturated carbocycles. The molecule has 0 atom stereocenters. The summed E-state index contributed by atoms with van der Waals surface area (Å²) in [5, 5.41) is 5.94. The average Bonchev–Trinajstić information content (AvgIpc) is 3.07. The molecule has 2 amide bonds. The summed E-state index contributed by atoms with van der Waals surface area (Å²) >= 11 is 1.05. The van der Waals surface area contributed by atoms with Crippen LogP contribution < -0.4 is 10.6 Å². The Morgan fingerprint density at radius 3 is 2.16 bits per heavy atom. The van der Waals surface area contributed by atoms with E-state index in [1.165, 1.54) is 7.11 Å². The number of anilines is 2. The monoisotopic (exact) mass is 436 g/mol. The first-order chi connectivity index (χ1) is 14.7. The smallest absolute Gasteiger partial charge is 0.341 e. The predicted molar refractivity (Wildman–Crippen MR) is 123 cm³/mol. The van der Waals surface area contributed by atoms with Crippen LogP contribution in [0.25, 0.3) is 0 Å². The molecule has 0 radical (unpaired) electrons. The predicted octanol–water partition coefficient (Wildman–Crippen LogP) is 5.27. The summed E-state index contributed by atoms with van der Waals surface area (Å²) in [6, 6.07) is 12.7. The third-order valence-corrected chi connectivity index (χ3v) is 6.34. The third-order valence-electron chi connectivity index (χ3n) is 5.14.